The van der Waals surface area contributed by atoms with Gasteiger partial charge in [0, 0.05) is 6.07 Å². The number of carbonyl (C=O) groups excluding carboxylic acids is 1. The lowest BCUT2D eigenvalue weighted by molar-refractivity contribution is -0.112. The normalized spacial score (nSPS) is 11.4. The van der Waals surface area contributed by atoms with E-state index in [-0.39, 0.29) is 22.8 Å². The van der Waals surface area contributed by atoms with Crippen molar-refractivity contribution in [3.8, 4) is 11.8 Å². The van der Waals surface area contributed by atoms with E-state index in [9.17, 15) is 14.9 Å². The van der Waals surface area contributed by atoms with Crippen molar-refractivity contribution >= 4 is 56.4 Å². The molecule has 0 aliphatic heterocycles. The van der Waals surface area contributed by atoms with Crippen molar-refractivity contribution in [3.63, 3.8) is 0 Å². The Morgan fingerprint density at radius 2 is 2.09 bits per heavy atom. The Hall–Kier alpha value is -3.66. The summed E-state index contributed by atoms with van der Waals surface area (Å²) in [5.74, 6) is -0.236. The molecule has 0 fully saturated rings. The molecule has 3 aromatic heterocycles. The maximum Gasteiger partial charge on any atom is 0.275 e. The van der Waals surface area contributed by atoms with Gasteiger partial charge in [-0.2, -0.15) is 14.9 Å². The minimum Gasteiger partial charge on any atom is -0.486 e. The number of ether oxygens (including phenoxy) is 1. The standard InChI is InChI=1S/C20H14ClN7O3S2/c1-10-25-26-19(32-10)24-18(30)13(8-22)5-12-3-4-16(15(21)6-12)31-9-14-7-17(29)28-20(23-14)33-11(2)27-28/h3-7H,9H2,1-2H3,(H,24,26,30). The summed E-state index contributed by atoms with van der Waals surface area (Å²) < 4.78 is 6.95. The van der Waals surface area contributed by atoms with Crippen molar-refractivity contribution in [2.45, 2.75) is 20.5 Å². The van der Waals surface area contributed by atoms with E-state index in [1.165, 1.54) is 39.3 Å². The lowest BCUT2D eigenvalue weighted by Gasteiger charge is -2.08. The molecular formula is C20H14ClN7O3S2. The van der Waals surface area contributed by atoms with E-state index >= 15 is 0 Å². The van der Waals surface area contributed by atoms with Crippen molar-refractivity contribution in [3.05, 3.63) is 66.5 Å². The topological polar surface area (TPSA) is 135 Å². The SMILES string of the molecule is Cc1nnc(NC(=O)C(C#N)=Cc2ccc(OCc3cc(=O)n4nc(C)sc4n3)c(Cl)c2)s1. The number of rotatable bonds is 6. The van der Waals surface area contributed by atoms with Crippen LogP contribution in [0, 0.1) is 25.2 Å². The lowest BCUT2D eigenvalue weighted by atomic mass is 10.1. The molecule has 0 saturated carbocycles. The Morgan fingerprint density at radius 3 is 2.79 bits per heavy atom. The van der Waals surface area contributed by atoms with Gasteiger partial charge in [-0.15, -0.1) is 10.2 Å². The minimum absolute atomic E-state index is 0.0325. The van der Waals surface area contributed by atoms with E-state index in [0.29, 0.717) is 32.1 Å². The Morgan fingerprint density at radius 1 is 1.27 bits per heavy atom. The van der Waals surface area contributed by atoms with Gasteiger partial charge in [-0.1, -0.05) is 40.3 Å². The number of halogens is 1. The van der Waals surface area contributed by atoms with Gasteiger partial charge in [-0.3, -0.25) is 14.9 Å². The maximum atomic E-state index is 12.3. The van der Waals surface area contributed by atoms with Gasteiger partial charge in [0.2, 0.25) is 10.1 Å². The van der Waals surface area contributed by atoms with E-state index in [1.54, 1.807) is 32.0 Å². The van der Waals surface area contributed by atoms with Crippen molar-refractivity contribution in [2.24, 2.45) is 0 Å². The molecule has 13 heteroatoms. The molecular weight excluding hydrogens is 486 g/mol. The average molecular weight is 500 g/mol. The summed E-state index contributed by atoms with van der Waals surface area (Å²) in [7, 11) is 0. The van der Waals surface area contributed by atoms with Gasteiger partial charge in [0.1, 0.15) is 34.0 Å². The molecule has 0 spiro atoms. The van der Waals surface area contributed by atoms with Crippen LogP contribution >= 0.6 is 34.3 Å². The largest absolute Gasteiger partial charge is 0.486 e. The zero-order chi connectivity index (χ0) is 23.5. The highest BCUT2D eigenvalue weighted by atomic mass is 35.5. The number of nitrogens with zero attached hydrogens (tertiary/aromatic N) is 6. The molecule has 1 N–H and O–H groups in total. The molecule has 10 nitrogen and oxygen atoms in total. The fraction of sp³-hybridized carbons (Fsp3) is 0.150. The number of benzene rings is 1. The third kappa shape index (κ3) is 5.23. The molecule has 1 aromatic carbocycles. The van der Waals surface area contributed by atoms with Gasteiger partial charge in [0.25, 0.3) is 11.5 Å². The van der Waals surface area contributed by atoms with Crippen LogP contribution in [0.4, 0.5) is 5.13 Å². The first kappa shape index (κ1) is 22.5. The maximum absolute atomic E-state index is 12.3. The summed E-state index contributed by atoms with van der Waals surface area (Å²) in [6, 6.07) is 8.05. The van der Waals surface area contributed by atoms with Gasteiger partial charge >= 0.3 is 0 Å². The van der Waals surface area contributed by atoms with Gasteiger partial charge < -0.3 is 4.74 Å². The number of anilines is 1. The first-order valence-electron chi connectivity index (χ1n) is 9.34. The molecule has 0 unspecified atom stereocenters. The highest BCUT2D eigenvalue weighted by Gasteiger charge is 2.13. The summed E-state index contributed by atoms with van der Waals surface area (Å²) in [6.07, 6.45) is 1.40. The van der Waals surface area contributed by atoms with Gasteiger partial charge in [-0.05, 0) is 37.6 Å². The molecule has 0 atom stereocenters. The molecule has 0 aliphatic carbocycles. The van der Waals surface area contributed by atoms with Crippen LogP contribution in [-0.2, 0) is 11.4 Å². The Labute approximate surface area is 199 Å². The number of fused-ring (bicyclic) bond motifs is 1. The molecule has 0 radical (unpaired) electrons. The number of amides is 1. The zero-order valence-electron chi connectivity index (χ0n) is 17.2. The number of aryl methyl sites for hydroxylation is 2. The highest BCUT2D eigenvalue weighted by Crippen LogP contribution is 2.27. The van der Waals surface area contributed by atoms with Gasteiger partial charge in [0.05, 0.1) is 10.7 Å². The van der Waals surface area contributed by atoms with E-state index in [2.05, 4.69) is 25.6 Å². The predicted molar refractivity (Wildman–Crippen MR) is 125 cm³/mol. The Kier molecular flexibility index (Phi) is 6.45. The van der Waals surface area contributed by atoms with Crippen LogP contribution in [0.25, 0.3) is 11.0 Å². The van der Waals surface area contributed by atoms with Crippen molar-refractivity contribution in [1.29, 1.82) is 5.26 Å². The third-order valence-electron chi connectivity index (χ3n) is 4.15. The molecule has 1 amide bonds. The molecule has 0 bridgehead atoms. The Bertz CT molecular complexity index is 1500. The van der Waals surface area contributed by atoms with Crippen molar-refractivity contribution < 1.29 is 9.53 Å². The van der Waals surface area contributed by atoms with Gasteiger partial charge in [0.15, 0.2) is 0 Å². The molecule has 4 aromatic rings. The number of nitrogens with one attached hydrogen (secondary N) is 1. The number of nitriles is 1. The molecule has 166 valence electrons. The molecule has 0 saturated heterocycles. The summed E-state index contributed by atoms with van der Waals surface area (Å²) in [4.78, 5) is 29.3. The molecule has 3 heterocycles. The first-order chi connectivity index (χ1) is 15.8. The monoisotopic (exact) mass is 499 g/mol. The average Bonchev–Trinajstić information content (AvgIpc) is 3.35. The lowest BCUT2D eigenvalue weighted by Crippen LogP contribution is -2.16. The van der Waals surface area contributed by atoms with Crippen LogP contribution in [0.3, 0.4) is 0 Å². The van der Waals surface area contributed by atoms with E-state index < -0.39 is 5.91 Å². The smallest absolute Gasteiger partial charge is 0.275 e. The van der Waals surface area contributed by atoms with Crippen LogP contribution < -0.4 is 15.6 Å². The summed E-state index contributed by atoms with van der Waals surface area (Å²) in [5, 5.41) is 25.6. The quantitative estimate of drug-likeness (QED) is 0.315. The van der Waals surface area contributed by atoms with Gasteiger partial charge in [-0.25, -0.2) is 4.98 Å². The van der Waals surface area contributed by atoms with E-state index in [0.717, 1.165) is 5.01 Å². The van der Waals surface area contributed by atoms with E-state index in [4.69, 9.17) is 16.3 Å². The Balaban J connectivity index is 1.47. The summed E-state index contributed by atoms with van der Waals surface area (Å²) in [5.41, 5.74) is 0.565. The first-order valence-corrected chi connectivity index (χ1v) is 11.4. The van der Waals surface area contributed by atoms with Crippen LogP contribution in [0.5, 0.6) is 5.75 Å². The number of aromatic nitrogens is 5. The zero-order valence-corrected chi connectivity index (χ0v) is 19.6. The fourth-order valence-electron chi connectivity index (χ4n) is 2.73. The molecule has 0 aliphatic rings. The van der Waals surface area contributed by atoms with Crippen LogP contribution in [0.1, 0.15) is 21.3 Å². The van der Waals surface area contributed by atoms with Crippen LogP contribution in [-0.4, -0.2) is 30.7 Å². The highest BCUT2D eigenvalue weighted by molar-refractivity contribution is 7.16. The summed E-state index contributed by atoms with van der Waals surface area (Å²) >= 11 is 8.82. The fourth-order valence-corrected chi connectivity index (χ4v) is 4.33. The third-order valence-corrected chi connectivity index (χ3v) is 6.03. The second-order valence-electron chi connectivity index (χ2n) is 6.63. The minimum atomic E-state index is -0.601. The predicted octanol–water partition coefficient (Wildman–Crippen LogP) is 3.40. The number of hydrogen-bond acceptors (Lipinski definition) is 10. The summed E-state index contributed by atoms with van der Waals surface area (Å²) in [6.45, 7) is 3.58. The van der Waals surface area contributed by atoms with Crippen LogP contribution in [0.2, 0.25) is 5.02 Å². The van der Waals surface area contributed by atoms with Crippen LogP contribution in [0.15, 0.2) is 34.6 Å². The number of hydrogen-bond donors (Lipinski definition) is 1. The molecule has 33 heavy (non-hydrogen) atoms. The van der Waals surface area contributed by atoms with E-state index in [1.807, 2.05) is 6.07 Å². The number of carbonyl (C=O) groups is 1. The van der Waals surface area contributed by atoms with Crippen molar-refractivity contribution in [1.82, 2.24) is 24.8 Å². The molecule has 4 rings (SSSR count). The second kappa shape index (κ2) is 9.45. The second-order valence-corrected chi connectivity index (χ2v) is 9.38. The van der Waals surface area contributed by atoms with Crippen molar-refractivity contribution in [2.75, 3.05) is 5.32 Å².